The molecular formula is C42H25N5. The first-order valence-electron chi connectivity index (χ1n) is 15.7. The summed E-state index contributed by atoms with van der Waals surface area (Å²) in [5.41, 5.74) is 7.59. The minimum Gasteiger partial charge on any atom is -0.294 e. The van der Waals surface area contributed by atoms with Crippen LogP contribution in [0.3, 0.4) is 0 Å². The second kappa shape index (κ2) is 10.0. The van der Waals surface area contributed by atoms with Gasteiger partial charge in [-0.1, -0.05) is 84.9 Å². The van der Waals surface area contributed by atoms with Crippen LogP contribution in [0.5, 0.6) is 0 Å². The lowest BCUT2D eigenvalue weighted by molar-refractivity contribution is 1.07. The van der Waals surface area contributed by atoms with Crippen LogP contribution in [0.1, 0.15) is 0 Å². The molecule has 0 aliphatic heterocycles. The summed E-state index contributed by atoms with van der Waals surface area (Å²) in [6.07, 6.45) is 5.58. The molecule has 0 spiro atoms. The molecule has 10 aromatic rings. The molecule has 0 saturated carbocycles. The van der Waals surface area contributed by atoms with E-state index in [0.29, 0.717) is 0 Å². The highest BCUT2D eigenvalue weighted by Crippen LogP contribution is 2.40. The maximum atomic E-state index is 5.24. The zero-order valence-electron chi connectivity index (χ0n) is 25.2. The van der Waals surface area contributed by atoms with Crippen LogP contribution in [-0.4, -0.2) is 24.5 Å². The van der Waals surface area contributed by atoms with Crippen molar-refractivity contribution in [3.8, 4) is 39.7 Å². The molecule has 0 N–H and O–H groups in total. The molecule has 0 amide bonds. The van der Waals surface area contributed by atoms with E-state index >= 15 is 0 Å². The lowest BCUT2D eigenvalue weighted by Crippen LogP contribution is -2.00. The van der Waals surface area contributed by atoms with Crippen LogP contribution in [-0.2, 0) is 0 Å². The Labute approximate surface area is 269 Å². The average molecular weight is 600 g/mol. The number of para-hydroxylation sites is 1. The summed E-state index contributed by atoms with van der Waals surface area (Å²) in [7, 11) is 0. The van der Waals surface area contributed by atoms with Crippen molar-refractivity contribution in [2.24, 2.45) is 0 Å². The van der Waals surface area contributed by atoms with Crippen LogP contribution in [0.25, 0.3) is 93.8 Å². The topological polar surface area (TPSA) is 56.5 Å². The van der Waals surface area contributed by atoms with Crippen LogP contribution in [0.15, 0.2) is 152 Å². The molecule has 5 aromatic heterocycles. The van der Waals surface area contributed by atoms with Gasteiger partial charge in [0.25, 0.3) is 0 Å². The van der Waals surface area contributed by atoms with E-state index in [1.165, 1.54) is 32.3 Å². The first kappa shape index (κ1) is 25.8. The monoisotopic (exact) mass is 599 g/mol. The zero-order valence-corrected chi connectivity index (χ0v) is 25.2. The van der Waals surface area contributed by atoms with E-state index < -0.39 is 0 Å². The molecule has 10 rings (SSSR count). The van der Waals surface area contributed by atoms with E-state index in [-0.39, 0.29) is 0 Å². The Hall–Kier alpha value is -6.46. The van der Waals surface area contributed by atoms with Gasteiger partial charge in [-0.2, -0.15) is 0 Å². The van der Waals surface area contributed by atoms with E-state index in [2.05, 4.69) is 124 Å². The Kier molecular flexibility index (Phi) is 5.51. The van der Waals surface area contributed by atoms with Crippen LogP contribution in [0.4, 0.5) is 0 Å². The number of rotatable bonds is 4. The van der Waals surface area contributed by atoms with Gasteiger partial charge in [-0.25, -0.2) is 9.97 Å². The number of hydrogen-bond donors (Lipinski definition) is 0. The summed E-state index contributed by atoms with van der Waals surface area (Å²) in [4.78, 5) is 19.5. The first-order valence-corrected chi connectivity index (χ1v) is 15.7. The highest BCUT2D eigenvalue weighted by atomic mass is 15.1. The van der Waals surface area contributed by atoms with Crippen LogP contribution in [0.2, 0.25) is 0 Å². The molecule has 5 heterocycles. The van der Waals surface area contributed by atoms with Crippen LogP contribution >= 0.6 is 0 Å². The maximum Gasteiger partial charge on any atom is 0.138 e. The fraction of sp³-hybridized carbons (Fsp3) is 0. The van der Waals surface area contributed by atoms with Gasteiger partial charge in [0.15, 0.2) is 0 Å². The fourth-order valence-corrected chi connectivity index (χ4v) is 7.20. The molecule has 0 fully saturated rings. The Bertz CT molecular complexity index is 2730. The van der Waals surface area contributed by atoms with E-state index in [1.54, 1.807) is 0 Å². The second-order valence-electron chi connectivity index (χ2n) is 11.9. The third-order valence-electron chi connectivity index (χ3n) is 9.29. The minimum absolute atomic E-state index is 0.790. The Morgan fingerprint density at radius 3 is 2.04 bits per heavy atom. The summed E-state index contributed by atoms with van der Waals surface area (Å²) in [6.45, 7) is 0. The molecule has 0 saturated heterocycles. The van der Waals surface area contributed by atoms with Crippen molar-refractivity contribution in [3.05, 3.63) is 152 Å². The first-order chi connectivity index (χ1) is 23.3. The maximum absolute atomic E-state index is 5.24. The van der Waals surface area contributed by atoms with Gasteiger partial charge in [0, 0.05) is 29.4 Å². The lowest BCUT2D eigenvalue weighted by Gasteiger charge is -2.15. The molecular weight excluding hydrogens is 574 g/mol. The van der Waals surface area contributed by atoms with Crippen molar-refractivity contribution >= 4 is 54.1 Å². The molecule has 0 bridgehead atoms. The van der Waals surface area contributed by atoms with Crippen molar-refractivity contribution in [1.29, 1.82) is 0 Å². The summed E-state index contributed by atoms with van der Waals surface area (Å²) in [5, 5.41) is 9.81. The highest BCUT2D eigenvalue weighted by Gasteiger charge is 2.17. The van der Waals surface area contributed by atoms with Gasteiger partial charge in [-0.05, 0) is 92.0 Å². The molecule has 0 atom stereocenters. The number of benzene rings is 5. The largest absolute Gasteiger partial charge is 0.294 e. The Morgan fingerprint density at radius 2 is 1.17 bits per heavy atom. The summed E-state index contributed by atoms with van der Waals surface area (Å²) >= 11 is 0. The normalized spacial score (nSPS) is 11.8. The van der Waals surface area contributed by atoms with E-state index in [9.17, 15) is 0 Å². The quantitative estimate of drug-likeness (QED) is 0.189. The number of aromatic nitrogens is 5. The standard InChI is InChI=1S/C42H25N5/c1-2-12-38-31(9-1)33-25-43-22-20-39(33)47(38)40-13-6-11-35(46-40)37-24-29(23-36(45-37)34-10-3-4-21-44-34)30-18-16-28-15-14-26-7-5-8-27-17-19-32(30)42(28)41(26)27/h1-25H. The van der Waals surface area contributed by atoms with Gasteiger partial charge in [-0.3, -0.25) is 14.5 Å². The number of fused-ring (bicyclic) bond motifs is 3. The van der Waals surface area contributed by atoms with Crippen molar-refractivity contribution in [2.75, 3.05) is 0 Å². The van der Waals surface area contributed by atoms with Gasteiger partial charge in [0.2, 0.25) is 0 Å². The molecule has 0 unspecified atom stereocenters. The van der Waals surface area contributed by atoms with E-state index in [1.807, 2.05) is 42.9 Å². The number of hydrogen-bond acceptors (Lipinski definition) is 4. The second-order valence-corrected chi connectivity index (χ2v) is 11.9. The van der Waals surface area contributed by atoms with Crippen molar-refractivity contribution in [3.63, 3.8) is 0 Å². The fourth-order valence-electron chi connectivity index (χ4n) is 7.20. The minimum atomic E-state index is 0.790. The molecule has 0 radical (unpaired) electrons. The molecule has 0 aliphatic carbocycles. The van der Waals surface area contributed by atoms with Crippen LogP contribution < -0.4 is 0 Å². The number of nitrogens with zero attached hydrogens (tertiary/aromatic N) is 5. The molecule has 5 heteroatoms. The predicted octanol–water partition coefficient (Wildman–Crippen LogP) is 10.3. The average Bonchev–Trinajstić information content (AvgIpc) is 3.48. The zero-order chi connectivity index (χ0) is 30.9. The molecule has 47 heavy (non-hydrogen) atoms. The summed E-state index contributed by atoms with van der Waals surface area (Å²) < 4.78 is 2.21. The highest BCUT2D eigenvalue weighted by molar-refractivity contribution is 6.25. The molecule has 0 aliphatic rings. The molecule has 5 nitrogen and oxygen atoms in total. The van der Waals surface area contributed by atoms with Gasteiger partial charge in [-0.15, -0.1) is 0 Å². The SMILES string of the molecule is c1ccc(-c2cc(-c3ccc4ccc5cccc6ccc3c4c56)cc(-c3cccc(-n4c5ccccc5c5cnccc54)n3)n2)nc1. The lowest BCUT2D eigenvalue weighted by atomic mass is 9.89. The summed E-state index contributed by atoms with van der Waals surface area (Å²) in [5.74, 6) is 0.828. The molecule has 218 valence electrons. The molecule has 5 aromatic carbocycles. The smallest absolute Gasteiger partial charge is 0.138 e. The van der Waals surface area contributed by atoms with Crippen LogP contribution in [0, 0.1) is 0 Å². The van der Waals surface area contributed by atoms with Gasteiger partial charge >= 0.3 is 0 Å². The predicted molar refractivity (Wildman–Crippen MR) is 192 cm³/mol. The van der Waals surface area contributed by atoms with Crippen molar-refractivity contribution in [1.82, 2.24) is 24.5 Å². The van der Waals surface area contributed by atoms with Gasteiger partial charge in [0.1, 0.15) is 5.82 Å². The Balaban J connectivity index is 1.21. The van der Waals surface area contributed by atoms with E-state index in [0.717, 1.165) is 61.5 Å². The van der Waals surface area contributed by atoms with Crippen molar-refractivity contribution < 1.29 is 0 Å². The van der Waals surface area contributed by atoms with Gasteiger partial charge in [0.05, 0.1) is 33.8 Å². The number of pyridine rings is 4. The summed E-state index contributed by atoms with van der Waals surface area (Å²) in [6, 6.07) is 46.8. The van der Waals surface area contributed by atoms with Gasteiger partial charge < -0.3 is 0 Å². The Morgan fingerprint density at radius 1 is 0.447 bits per heavy atom. The third kappa shape index (κ3) is 3.97. The van der Waals surface area contributed by atoms with Crippen molar-refractivity contribution in [2.45, 2.75) is 0 Å². The third-order valence-corrected chi connectivity index (χ3v) is 9.29. The van der Waals surface area contributed by atoms with E-state index in [4.69, 9.17) is 9.97 Å².